The molecule has 0 saturated carbocycles. The molecule has 8 heteroatoms. The quantitative estimate of drug-likeness (QED) is 0.270. The molecule has 2 N–H and O–H groups in total. The summed E-state index contributed by atoms with van der Waals surface area (Å²) < 4.78 is 11.9. The molecule has 8 nitrogen and oxygen atoms in total. The fraction of sp³-hybridized carbons (Fsp3) is 0.267. The number of carbonyl (C=O) groups is 1. The number of aromatic amines is 1. The van der Waals surface area contributed by atoms with E-state index < -0.39 is 0 Å². The molecule has 1 amide bonds. The number of unbranched alkanes of at least 4 members (excludes halogenated alkanes) is 1. The van der Waals surface area contributed by atoms with Gasteiger partial charge in [0, 0.05) is 12.5 Å². The lowest BCUT2D eigenvalue weighted by Crippen LogP contribution is -2.22. The van der Waals surface area contributed by atoms with Gasteiger partial charge in [-0.1, -0.05) is 49.4 Å². The molecule has 4 aromatic rings. The minimum atomic E-state index is -0.356. The van der Waals surface area contributed by atoms with E-state index in [0.29, 0.717) is 47.8 Å². The van der Waals surface area contributed by atoms with Gasteiger partial charge in [-0.15, -0.1) is 0 Å². The van der Waals surface area contributed by atoms with E-state index in [1.165, 1.54) is 11.6 Å². The zero-order valence-corrected chi connectivity index (χ0v) is 21.3. The molecule has 0 fully saturated rings. The van der Waals surface area contributed by atoms with Crippen molar-refractivity contribution in [1.29, 1.82) is 0 Å². The maximum atomic E-state index is 13.1. The molecule has 0 radical (unpaired) electrons. The minimum Gasteiger partial charge on any atom is -0.494 e. The number of rotatable bonds is 10. The number of ether oxygens (including phenoxy) is 1. The molecule has 1 atom stereocenters. The smallest absolute Gasteiger partial charge is 0.231 e. The Labute approximate surface area is 220 Å². The number of nitrogens with one attached hydrogen (secondary N) is 2. The van der Waals surface area contributed by atoms with E-state index in [2.05, 4.69) is 44.8 Å². The summed E-state index contributed by atoms with van der Waals surface area (Å²) in [6.45, 7) is 2.59. The number of hydrogen-bond donors (Lipinski definition) is 2. The van der Waals surface area contributed by atoms with Crippen molar-refractivity contribution in [2.75, 3.05) is 11.9 Å². The lowest BCUT2D eigenvalue weighted by molar-refractivity contribution is -0.118. The molecular formula is C30H30N4O4. The first-order chi connectivity index (χ1) is 18.6. The molecule has 2 aromatic carbocycles. The van der Waals surface area contributed by atoms with Crippen LogP contribution in [0.4, 0.5) is 5.69 Å². The largest absolute Gasteiger partial charge is 0.494 e. The maximum absolute atomic E-state index is 13.1. The van der Waals surface area contributed by atoms with Gasteiger partial charge in [0.1, 0.15) is 11.6 Å². The topological polar surface area (TPSA) is 110 Å². The van der Waals surface area contributed by atoms with Gasteiger partial charge in [-0.05, 0) is 55.5 Å². The molecule has 0 spiro atoms. The van der Waals surface area contributed by atoms with Crippen molar-refractivity contribution in [2.45, 2.75) is 39.0 Å². The van der Waals surface area contributed by atoms with Crippen LogP contribution in [0.5, 0.6) is 0 Å². The van der Waals surface area contributed by atoms with Crippen molar-refractivity contribution in [3.05, 3.63) is 100 Å². The van der Waals surface area contributed by atoms with Crippen LogP contribution in [0.3, 0.4) is 0 Å². The van der Waals surface area contributed by atoms with Crippen molar-refractivity contribution in [2.24, 2.45) is 5.92 Å². The summed E-state index contributed by atoms with van der Waals surface area (Å²) in [7, 11) is 0. The number of amides is 1. The molecule has 5 rings (SSSR count). The number of nitrogens with zero attached hydrogens (tertiary/aromatic N) is 2. The van der Waals surface area contributed by atoms with Gasteiger partial charge in [0.05, 0.1) is 23.6 Å². The summed E-state index contributed by atoms with van der Waals surface area (Å²) in [6, 6.07) is 16.9. The average molecular weight is 511 g/mol. The van der Waals surface area contributed by atoms with E-state index in [1.807, 2.05) is 31.2 Å². The normalized spacial score (nSPS) is 14.9. The molecule has 1 unspecified atom stereocenters. The molecule has 2 heterocycles. The van der Waals surface area contributed by atoms with Gasteiger partial charge in [-0.25, -0.2) is 4.98 Å². The van der Waals surface area contributed by atoms with Crippen LogP contribution < -0.4 is 10.7 Å². The van der Waals surface area contributed by atoms with Crippen LogP contribution >= 0.6 is 0 Å². The Balaban J connectivity index is 1.19. The van der Waals surface area contributed by atoms with Crippen molar-refractivity contribution in [1.82, 2.24) is 15.2 Å². The van der Waals surface area contributed by atoms with Gasteiger partial charge in [0.2, 0.25) is 11.7 Å². The maximum Gasteiger partial charge on any atom is 0.231 e. The second kappa shape index (κ2) is 11.7. The lowest BCUT2D eigenvalue weighted by atomic mass is 9.99. The predicted molar refractivity (Wildman–Crippen MR) is 147 cm³/mol. The molecular weight excluding hydrogens is 480 g/mol. The first-order valence-electron chi connectivity index (χ1n) is 12.9. The number of hydrogen-bond acceptors (Lipinski definition) is 6. The highest BCUT2D eigenvalue weighted by Crippen LogP contribution is 2.27. The Morgan fingerprint density at radius 3 is 2.79 bits per heavy atom. The average Bonchev–Trinajstić information content (AvgIpc) is 3.44. The highest BCUT2D eigenvalue weighted by molar-refractivity contribution is 6.01. The molecule has 0 saturated heterocycles. The molecule has 1 aliphatic rings. The molecule has 0 aliphatic heterocycles. The number of aromatic nitrogens is 3. The van der Waals surface area contributed by atoms with E-state index in [1.54, 1.807) is 18.2 Å². The Morgan fingerprint density at radius 2 is 2.03 bits per heavy atom. The minimum absolute atomic E-state index is 0.189. The summed E-state index contributed by atoms with van der Waals surface area (Å²) in [5, 5.41) is 10.3. The molecule has 0 bridgehead atoms. The third-order valence-electron chi connectivity index (χ3n) is 6.47. The number of anilines is 1. The van der Waals surface area contributed by atoms with Gasteiger partial charge < -0.3 is 14.5 Å². The van der Waals surface area contributed by atoms with Crippen molar-refractivity contribution >= 4 is 22.6 Å². The van der Waals surface area contributed by atoms with Crippen molar-refractivity contribution < 1.29 is 13.9 Å². The van der Waals surface area contributed by atoms with Gasteiger partial charge in [0.25, 0.3) is 0 Å². The number of carbonyl (C=O) groups excluding carboxylic acids is 1. The van der Waals surface area contributed by atoms with Crippen LogP contribution in [0.2, 0.25) is 0 Å². The van der Waals surface area contributed by atoms with E-state index in [4.69, 9.17) is 9.15 Å². The van der Waals surface area contributed by atoms with E-state index >= 15 is 0 Å². The van der Waals surface area contributed by atoms with E-state index in [9.17, 15) is 9.59 Å². The van der Waals surface area contributed by atoms with Crippen LogP contribution in [0.25, 0.3) is 22.6 Å². The Kier molecular flexibility index (Phi) is 7.78. The second-order valence-corrected chi connectivity index (χ2v) is 9.20. The van der Waals surface area contributed by atoms with Crippen molar-refractivity contribution in [3.8, 4) is 11.6 Å². The summed E-state index contributed by atoms with van der Waals surface area (Å²) >= 11 is 0. The summed E-state index contributed by atoms with van der Waals surface area (Å²) in [4.78, 5) is 30.2. The standard InChI is InChI=1S/C30H30N4O4/c1-2-27-32-29(34-33-27)26-19-25(35)23-12-8-13-24(28(23)38-26)31-30(36)21-14-16-22(17-15-21)37-18-7-6-11-20-9-4-3-5-10-20/h3-5,8-10,12-14,16-17,19,21H,2,6-7,11,15,18H2,1H3,(H,31,36)(H,32,33,34). The number of aryl methyl sites for hydroxylation is 2. The van der Waals surface area contributed by atoms with Crippen LogP contribution in [-0.4, -0.2) is 27.7 Å². The number of benzene rings is 2. The van der Waals surface area contributed by atoms with E-state index in [0.717, 1.165) is 25.0 Å². The monoisotopic (exact) mass is 510 g/mol. The number of allylic oxidation sites excluding steroid dienone is 2. The van der Waals surface area contributed by atoms with Crippen molar-refractivity contribution in [3.63, 3.8) is 0 Å². The Hall–Kier alpha value is -4.46. The summed E-state index contributed by atoms with van der Waals surface area (Å²) in [5.74, 6) is 1.47. The van der Waals surface area contributed by atoms with Crippen LogP contribution in [0, 0.1) is 5.92 Å². The summed E-state index contributed by atoms with van der Waals surface area (Å²) in [6.07, 6.45) is 9.90. The van der Waals surface area contributed by atoms with Gasteiger partial charge in [-0.2, -0.15) is 5.10 Å². The fourth-order valence-corrected chi connectivity index (χ4v) is 4.34. The number of para-hydroxylation sites is 1. The fourth-order valence-electron chi connectivity index (χ4n) is 4.34. The Bertz CT molecular complexity index is 1530. The van der Waals surface area contributed by atoms with E-state index in [-0.39, 0.29) is 23.0 Å². The van der Waals surface area contributed by atoms with Gasteiger partial charge in [-0.3, -0.25) is 14.7 Å². The second-order valence-electron chi connectivity index (χ2n) is 9.20. The first-order valence-corrected chi connectivity index (χ1v) is 12.9. The highest BCUT2D eigenvalue weighted by Gasteiger charge is 2.20. The highest BCUT2D eigenvalue weighted by atomic mass is 16.5. The third-order valence-corrected chi connectivity index (χ3v) is 6.47. The molecule has 38 heavy (non-hydrogen) atoms. The zero-order valence-electron chi connectivity index (χ0n) is 21.3. The SMILES string of the molecule is CCc1nc(-c2cc(=O)c3cccc(NC(=O)C4C=CC(OCCCCc5ccccc5)=CC4)c3o2)n[nH]1. The van der Waals surface area contributed by atoms with Crippen LogP contribution in [-0.2, 0) is 22.4 Å². The predicted octanol–water partition coefficient (Wildman–Crippen LogP) is 5.58. The lowest BCUT2D eigenvalue weighted by Gasteiger charge is -2.17. The molecule has 194 valence electrons. The zero-order chi connectivity index (χ0) is 26.3. The molecule has 2 aromatic heterocycles. The molecule has 1 aliphatic carbocycles. The Morgan fingerprint density at radius 1 is 1.16 bits per heavy atom. The number of fused-ring (bicyclic) bond motifs is 1. The first kappa shape index (κ1) is 25.2. The third kappa shape index (κ3) is 5.91. The van der Waals surface area contributed by atoms with Gasteiger partial charge in [0.15, 0.2) is 16.8 Å². The number of H-pyrrole nitrogens is 1. The summed E-state index contributed by atoms with van der Waals surface area (Å²) in [5.41, 5.74) is 1.83. The van der Waals surface area contributed by atoms with Crippen LogP contribution in [0.15, 0.2) is 87.8 Å². The van der Waals surface area contributed by atoms with Crippen LogP contribution in [0.1, 0.15) is 37.6 Å². The van der Waals surface area contributed by atoms with Gasteiger partial charge >= 0.3 is 0 Å².